The molecule has 0 aromatic carbocycles. The zero-order valence-electron chi connectivity index (χ0n) is 11.1. The Labute approximate surface area is 105 Å². The van der Waals surface area contributed by atoms with Crippen molar-refractivity contribution in [1.82, 2.24) is 9.80 Å². The van der Waals surface area contributed by atoms with Crippen LogP contribution in [0.1, 0.15) is 39.0 Å². The molecule has 1 saturated carbocycles. The molecule has 3 aliphatic rings. The molecule has 0 radical (unpaired) electrons. The van der Waals surface area contributed by atoms with Crippen molar-refractivity contribution in [2.24, 2.45) is 11.7 Å². The molecule has 0 amide bonds. The summed E-state index contributed by atoms with van der Waals surface area (Å²) in [6.07, 6.45) is 7.07. The van der Waals surface area contributed by atoms with Gasteiger partial charge in [-0.25, -0.2) is 0 Å². The van der Waals surface area contributed by atoms with Crippen molar-refractivity contribution in [2.45, 2.75) is 57.2 Å². The van der Waals surface area contributed by atoms with Gasteiger partial charge in [-0.05, 0) is 45.1 Å². The van der Waals surface area contributed by atoms with Crippen LogP contribution in [0.2, 0.25) is 0 Å². The van der Waals surface area contributed by atoms with Gasteiger partial charge in [-0.3, -0.25) is 9.80 Å². The van der Waals surface area contributed by atoms with Gasteiger partial charge in [0.2, 0.25) is 0 Å². The standard InChI is InChI=1S/C14H27N3/c1-11-9-16-7-3-6-13(16)10-17(11)14(8-15)12-4-2-5-12/h11-14H,2-10,15H2,1H3. The summed E-state index contributed by atoms with van der Waals surface area (Å²) in [5, 5.41) is 0. The molecule has 0 spiro atoms. The van der Waals surface area contributed by atoms with Crippen LogP contribution in [0.5, 0.6) is 0 Å². The molecule has 3 rings (SSSR count). The van der Waals surface area contributed by atoms with Gasteiger partial charge in [-0.1, -0.05) is 6.42 Å². The minimum absolute atomic E-state index is 0.668. The summed E-state index contributed by atoms with van der Waals surface area (Å²) < 4.78 is 0. The first-order chi connectivity index (χ1) is 8.29. The van der Waals surface area contributed by atoms with Crippen LogP contribution in [-0.2, 0) is 0 Å². The van der Waals surface area contributed by atoms with Gasteiger partial charge in [0.1, 0.15) is 0 Å². The van der Waals surface area contributed by atoms with Gasteiger partial charge in [0.15, 0.2) is 0 Å². The van der Waals surface area contributed by atoms with Crippen LogP contribution in [0.15, 0.2) is 0 Å². The summed E-state index contributed by atoms with van der Waals surface area (Å²) in [4.78, 5) is 5.45. The number of hydrogen-bond donors (Lipinski definition) is 1. The number of hydrogen-bond acceptors (Lipinski definition) is 3. The lowest BCUT2D eigenvalue weighted by molar-refractivity contribution is -0.00335. The Morgan fingerprint density at radius 1 is 1.18 bits per heavy atom. The van der Waals surface area contributed by atoms with Crippen LogP contribution in [0.4, 0.5) is 0 Å². The highest BCUT2D eigenvalue weighted by Crippen LogP contribution is 2.35. The molecule has 3 unspecified atom stereocenters. The molecule has 0 aromatic rings. The highest BCUT2D eigenvalue weighted by atomic mass is 15.3. The monoisotopic (exact) mass is 237 g/mol. The van der Waals surface area contributed by atoms with Crippen LogP contribution in [0.25, 0.3) is 0 Å². The molecule has 3 fully saturated rings. The predicted molar refractivity (Wildman–Crippen MR) is 70.9 cm³/mol. The molecule has 2 heterocycles. The third-order valence-corrected chi connectivity index (χ3v) is 5.35. The van der Waals surface area contributed by atoms with Gasteiger partial charge in [-0.15, -0.1) is 0 Å². The quantitative estimate of drug-likeness (QED) is 0.802. The summed E-state index contributed by atoms with van der Waals surface area (Å²) >= 11 is 0. The highest BCUT2D eigenvalue weighted by molar-refractivity contribution is 4.96. The Bertz CT molecular complexity index is 264. The third-order valence-electron chi connectivity index (χ3n) is 5.35. The lowest BCUT2D eigenvalue weighted by Gasteiger charge is -2.49. The minimum atomic E-state index is 0.668. The van der Waals surface area contributed by atoms with Crippen molar-refractivity contribution in [3.63, 3.8) is 0 Å². The summed E-state index contributed by atoms with van der Waals surface area (Å²) in [5.74, 6) is 0.899. The van der Waals surface area contributed by atoms with Gasteiger partial charge in [0, 0.05) is 37.8 Å². The van der Waals surface area contributed by atoms with Crippen LogP contribution < -0.4 is 5.73 Å². The first kappa shape index (κ1) is 11.9. The van der Waals surface area contributed by atoms with E-state index < -0.39 is 0 Å². The van der Waals surface area contributed by atoms with Crippen LogP contribution >= 0.6 is 0 Å². The van der Waals surface area contributed by atoms with E-state index in [1.165, 1.54) is 51.7 Å². The number of piperazine rings is 1. The molecular formula is C14H27N3. The fourth-order valence-corrected chi connectivity index (χ4v) is 4.10. The Kier molecular flexibility index (Phi) is 3.42. The molecule has 2 saturated heterocycles. The molecule has 2 aliphatic heterocycles. The summed E-state index contributed by atoms with van der Waals surface area (Å²) in [6.45, 7) is 7.14. The number of fused-ring (bicyclic) bond motifs is 1. The average Bonchev–Trinajstić information content (AvgIpc) is 2.69. The van der Waals surface area contributed by atoms with Crippen molar-refractivity contribution in [2.75, 3.05) is 26.2 Å². The molecule has 0 bridgehead atoms. The van der Waals surface area contributed by atoms with Crippen LogP contribution in [-0.4, -0.2) is 54.1 Å². The van der Waals surface area contributed by atoms with Gasteiger partial charge < -0.3 is 5.73 Å². The first-order valence-electron chi connectivity index (χ1n) is 7.49. The van der Waals surface area contributed by atoms with Crippen molar-refractivity contribution < 1.29 is 0 Å². The Balaban J connectivity index is 1.68. The summed E-state index contributed by atoms with van der Waals surface area (Å²) in [6, 6.07) is 2.21. The zero-order valence-corrected chi connectivity index (χ0v) is 11.1. The van der Waals surface area contributed by atoms with E-state index in [4.69, 9.17) is 5.73 Å². The van der Waals surface area contributed by atoms with Crippen LogP contribution in [0, 0.1) is 5.92 Å². The molecule has 3 atom stereocenters. The molecule has 0 aromatic heterocycles. The van der Waals surface area contributed by atoms with E-state index in [1.807, 2.05) is 0 Å². The molecule has 2 N–H and O–H groups in total. The van der Waals surface area contributed by atoms with E-state index in [0.717, 1.165) is 18.5 Å². The van der Waals surface area contributed by atoms with Gasteiger partial charge in [0.05, 0.1) is 0 Å². The lowest BCUT2D eigenvalue weighted by Crippen LogP contribution is -2.61. The number of nitrogens with zero attached hydrogens (tertiary/aromatic N) is 2. The number of nitrogens with two attached hydrogens (primary N) is 1. The van der Waals surface area contributed by atoms with E-state index in [9.17, 15) is 0 Å². The average molecular weight is 237 g/mol. The topological polar surface area (TPSA) is 32.5 Å². The maximum Gasteiger partial charge on any atom is 0.0250 e. The fraction of sp³-hybridized carbons (Fsp3) is 1.00. The van der Waals surface area contributed by atoms with Crippen LogP contribution in [0.3, 0.4) is 0 Å². The smallest absolute Gasteiger partial charge is 0.0250 e. The highest BCUT2D eigenvalue weighted by Gasteiger charge is 2.40. The zero-order chi connectivity index (χ0) is 11.8. The Hall–Kier alpha value is -0.120. The normalized spacial score (nSPS) is 37.8. The first-order valence-corrected chi connectivity index (χ1v) is 7.49. The van der Waals surface area contributed by atoms with Crippen molar-refractivity contribution in [3.05, 3.63) is 0 Å². The van der Waals surface area contributed by atoms with Gasteiger partial charge in [0.25, 0.3) is 0 Å². The lowest BCUT2D eigenvalue weighted by atomic mass is 9.78. The Morgan fingerprint density at radius 3 is 2.65 bits per heavy atom. The van der Waals surface area contributed by atoms with Crippen molar-refractivity contribution in [3.8, 4) is 0 Å². The minimum Gasteiger partial charge on any atom is -0.329 e. The molecule has 1 aliphatic carbocycles. The molecular weight excluding hydrogens is 210 g/mol. The second-order valence-electron chi connectivity index (χ2n) is 6.33. The molecule has 98 valence electrons. The Morgan fingerprint density at radius 2 is 2.00 bits per heavy atom. The van der Waals surface area contributed by atoms with E-state index in [-0.39, 0.29) is 0 Å². The fourth-order valence-electron chi connectivity index (χ4n) is 4.10. The number of rotatable bonds is 3. The maximum absolute atomic E-state index is 6.06. The maximum atomic E-state index is 6.06. The van der Waals surface area contributed by atoms with Gasteiger partial charge >= 0.3 is 0 Å². The third kappa shape index (κ3) is 2.13. The second-order valence-corrected chi connectivity index (χ2v) is 6.33. The second kappa shape index (κ2) is 4.87. The molecule has 3 nitrogen and oxygen atoms in total. The largest absolute Gasteiger partial charge is 0.329 e. The van der Waals surface area contributed by atoms with E-state index in [2.05, 4.69) is 16.7 Å². The van der Waals surface area contributed by atoms with Crippen molar-refractivity contribution in [1.29, 1.82) is 0 Å². The SMILES string of the molecule is CC1CN2CCCC2CN1C(CN)C1CCC1. The predicted octanol–water partition coefficient (Wildman–Crippen LogP) is 1.28. The van der Waals surface area contributed by atoms with Gasteiger partial charge in [-0.2, -0.15) is 0 Å². The molecule has 17 heavy (non-hydrogen) atoms. The summed E-state index contributed by atoms with van der Waals surface area (Å²) in [5.41, 5.74) is 6.06. The van der Waals surface area contributed by atoms with Crippen molar-refractivity contribution >= 4 is 0 Å². The van der Waals surface area contributed by atoms with E-state index in [1.54, 1.807) is 0 Å². The van der Waals surface area contributed by atoms with E-state index in [0.29, 0.717) is 12.1 Å². The summed E-state index contributed by atoms with van der Waals surface area (Å²) in [7, 11) is 0. The van der Waals surface area contributed by atoms with E-state index >= 15 is 0 Å². The molecule has 3 heteroatoms.